The van der Waals surface area contributed by atoms with Crippen molar-refractivity contribution in [3.8, 4) is 0 Å². The molecule has 0 saturated carbocycles. The first-order valence-corrected chi connectivity index (χ1v) is 9.90. The number of hydrogen-bond donors (Lipinski definition) is 0. The summed E-state index contributed by atoms with van der Waals surface area (Å²) < 4.78 is 0. The summed E-state index contributed by atoms with van der Waals surface area (Å²) in [7, 11) is 0. The van der Waals surface area contributed by atoms with E-state index >= 15 is 0 Å². The van der Waals surface area contributed by atoms with Gasteiger partial charge in [-0.2, -0.15) is 0 Å². The Balaban J connectivity index is 1.83. The van der Waals surface area contributed by atoms with Crippen molar-refractivity contribution in [2.75, 3.05) is 4.90 Å². The van der Waals surface area contributed by atoms with Crippen molar-refractivity contribution in [1.29, 1.82) is 0 Å². The van der Waals surface area contributed by atoms with E-state index in [9.17, 15) is 19.7 Å². The summed E-state index contributed by atoms with van der Waals surface area (Å²) in [6.07, 6.45) is 1.75. The number of nitro groups is 1. The normalized spacial score (nSPS) is 19.4. The highest BCUT2D eigenvalue weighted by Gasteiger charge is 2.39. The van der Waals surface area contributed by atoms with E-state index in [1.807, 2.05) is 0 Å². The molecule has 0 spiro atoms. The van der Waals surface area contributed by atoms with E-state index in [2.05, 4.69) is 0 Å². The summed E-state index contributed by atoms with van der Waals surface area (Å²) >= 11 is 12.3. The standard InChI is InChI=1S/C21H16Cl2N2O4/c22-13-8-14(23)10-16(9-13)24-18-2-1-3-19(26)21(18)17(11-20(24)27)12-4-6-15(7-5-12)25(28)29/h4-10,17H,1-3,11H2. The molecule has 29 heavy (non-hydrogen) atoms. The summed E-state index contributed by atoms with van der Waals surface area (Å²) in [4.78, 5) is 38.0. The zero-order chi connectivity index (χ0) is 20.7. The van der Waals surface area contributed by atoms with Gasteiger partial charge in [0.05, 0.1) is 10.6 Å². The number of allylic oxidation sites excluding steroid dienone is 2. The molecule has 1 unspecified atom stereocenters. The summed E-state index contributed by atoms with van der Waals surface area (Å²) in [5.74, 6) is -0.586. The van der Waals surface area contributed by atoms with E-state index in [-0.39, 0.29) is 23.8 Å². The first-order valence-electron chi connectivity index (χ1n) is 9.15. The largest absolute Gasteiger partial charge is 0.294 e. The highest BCUT2D eigenvalue weighted by atomic mass is 35.5. The number of carbonyl (C=O) groups is 2. The molecule has 1 aliphatic heterocycles. The Labute approximate surface area is 176 Å². The van der Waals surface area contributed by atoms with Crippen molar-refractivity contribution in [2.45, 2.75) is 31.6 Å². The molecule has 4 rings (SSSR count). The smallest absolute Gasteiger partial charge is 0.269 e. The monoisotopic (exact) mass is 430 g/mol. The predicted molar refractivity (Wildman–Crippen MR) is 110 cm³/mol. The van der Waals surface area contributed by atoms with Crippen LogP contribution in [0.3, 0.4) is 0 Å². The lowest BCUT2D eigenvalue weighted by molar-refractivity contribution is -0.384. The van der Waals surface area contributed by atoms with E-state index < -0.39 is 10.8 Å². The molecular weight excluding hydrogens is 415 g/mol. The van der Waals surface area contributed by atoms with Crippen LogP contribution in [0.5, 0.6) is 0 Å². The predicted octanol–water partition coefficient (Wildman–Crippen LogP) is 5.43. The van der Waals surface area contributed by atoms with Crippen molar-refractivity contribution in [3.63, 3.8) is 0 Å². The number of nitro benzene ring substituents is 1. The van der Waals surface area contributed by atoms with Crippen molar-refractivity contribution >= 4 is 46.3 Å². The van der Waals surface area contributed by atoms with Crippen LogP contribution in [0.15, 0.2) is 53.7 Å². The molecule has 0 fully saturated rings. The van der Waals surface area contributed by atoms with Gasteiger partial charge in [-0.3, -0.25) is 24.6 Å². The van der Waals surface area contributed by atoms with E-state index in [4.69, 9.17) is 23.2 Å². The van der Waals surface area contributed by atoms with Crippen LogP contribution >= 0.6 is 23.2 Å². The van der Waals surface area contributed by atoms with Crippen LogP contribution in [0.2, 0.25) is 10.0 Å². The third-order valence-corrected chi connectivity index (χ3v) is 5.72. The minimum atomic E-state index is -0.475. The molecule has 0 aromatic heterocycles. The van der Waals surface area contributed by atoms with Gasteiger partial charge in [-0.25, -0.2) is 0 Å². The average molecular weight is 431 g/mol. The highest BCUT2D eigenvalue weighted by molar-refractivity contribution is 6.35. The third-order valence-electron chi connectivity index (χ3n) is 5.29. The Morgan fingerprint density at radius 3 is 2.28 bits per heavy atom. The molecule has 6 nitrogen and oxygen atoms in total. The Bertz CT molecular complexity index is 1040. The van der Waals surface area contributed by atoms with Crippen LogP contribution in [-0.2, 0) is 9.59 Å². The fourth-order valence-corrected chi connectivity index (χ4v) is 4.59. The van der Waals surface area contributed by atoms with Gasteiger partial charge in [0.15, 0.2) is 5.78 Å². The number of nitrogens with zero attached hydrogens (tertiary/aromatic N) is 2. The molecule has 0 saturated heterocycles. The molecule has 148 valence electrons. The van der Waals surface area contributed by atoms with Crippen LogP contribution in [0.4, 0.5) is 11.4 Å². The molecule has 1 aliphatic carbocycles. The Kier molecular flexibility index (Phi) is 5.15. The molecular formula is C21H16Cl2N2O4. The third kappa shape index (κ3) is 3.66. The quantitative estimate of drug-likeness (QED) is 0.480. The minimum Gasteiger partial charge on any atom is -0.294 e. The van der Waals surface area contributed by atoms with E-state index in [1.165, 1.54) is 12.1 Å². The summed E-state index contributed by atoms with van der Waals surface area (Å²) in [6, 6.07) is 10.9. The van der Waals surface area contributed by atoms with Gasteiger partial charge in [-0.15, -0.1) is 0 Å². The SMILES string of the molecule is O=C1CCCC2=C1C(c1ccc([N+](=O)[O-])cc1)CC(=O)N2c1cc(Cl)cc(Cl)c1. The first-order chi connectivity index (χ1) is 13.8. The Morgan fingerprint density at radius 2 is 1.66 bits per heavy atom. The molecule has 0 radical (unpaired) electrons. The summed E-state index contributed by atoms with van der Waals surface area (Å²) in [5, 5.41) is 11.7. The fraction of sp³-hybridized carbons (Fsp3) is 0.238. The van der Waals surface area contributed by atoms with Crippen LogP contribution in [0, 0.1) is 10.1 Å². The summed E-state index contributed by atoms with van der Waals surface area (Å²) in [5.41, 5.74) is 2.49. The lowest BCUT2D eigenvalue weighted by Gasteiger charge is -2.38. The van der Waals surface area contributed by atoms with Crippen LogP contribution < -0.4 is 4.90 Å². The number of hydrogen-bond acceptors (Lipinski definition) is 4. The van der Waals surface area contributed by atoms with Crippen LogP contribution in [0.1, 0.15) is 37.2 Å². The number of benzene rings is 2. The van der Waals surface area contributed by atoms with E-state index in [0.717, 1.165) is 5.56 Å². The molecule has 2 aliphatic rings. The number of amides is 1. The van der Waals surface area contributed by atoms with Gasteiger partial charge in [0.1, 0.15) is 0 Å². The van der Waals surface area contributed by atoms with Gasteiger partial charge in [-0.05, 0) is 36.6 Å². The number of ketones is 1. The maximum Gasteiger partial charge on any atom is 0.269 e. The van der Waals surface area contributed by atoms with Crippen molar-refractivity contribution in [3.05, 3.63) is 79.5 Å². The minimum absolute atomic E-state index is 0.000211. The van der Waals surface area contributed by atoms with Gasteiger partial charge >= 0.3 is 0 Å². The second-order valence-electron chi connectivity index (χ2n) is 7.10. The van der Waals surface area contributed by atoms with Crippen molar-refractivity contribution in [2.24, 2.45) is 0 Å². The molecule has 1 amide bonds. The van der Waals surface area contributed by atoms with Crippen LogP contribution in [0.25, 0.3) is 0 Å². The summed E-state index contributed by atoms with van der Waals surface area (Å²) in [6.45, 7) is 0. The zero-order valence-electron chi connectivity index (χ0n) is 15.2. The Hall–Kier alpha value is -2.70. The molecule has 0 N–H and O–H groups in total. The van der Waals surface area contributed by atoms with E-state index in [0.29, 0.717) is 46.3 Å². The number of carbonyl (C=O) groups excluding carboxylic acids is 2. The second-order valence-corrected chi connectivity index (χ2v) is 7.97. The Morgan fingerprint density at radius 1 is 1.00 bits per heavy atom. The number of rotatable bonds is 3. The maximum atomic E-state index is 13.1. The van der Waals surface area contributed by atoms with Gasteiger partial charge in [0.25, 0.3) is 5.69 Å². The van der Waals surface area contributed by atoms with Crippen molar-refractivity contribution < 1.29 is 14.5 Å². The van der Waals surface area contributed by atoms with Gasteiger partial charge in [-0.1, -0.05) is 35.3 Å². The number of anilines is 1. The zero-order valence-corrected chi connectivity index (χ0v) is 16.7. The lowest BCUT2D eigenvalue weighted by atomic mass is 9.77. The van der Waals surface area contributed by atoms with Gasteiger partial charge < -0.3 is 0 Å². The molecule has 2 aromatic rings. The highest BCUT2D eigenvalue weighted by Crippen LogP contribution is 2.44. The molecule has 8 heteroatoms. The molecule has 0 bridgehead atoms. The van der Waals surface area contributed by atoms with Crippen LogP contribution in [-0.4, -0.2) is 16.6 Å². The van der Waals surface area contributed by atoms with Gasteiger partial charge in [0, 0.05) is 52.2 Å². The molecule has 2 aromatic carbocycles. The number of non-ortho nitro benzene ring substituents is 1. The number of halogens is 2. The fourth-order valence-electron chi connectivity index (χ4n) is 4.07. The lowest BCUT2D eigenvalue weighted by Crippen LogP contribution is -2.40. The van der Waals surface area contributed by atoms with Crippen molar-refractivity contribution in [1.82, 2.24) is 0 Å². The number of Topliss-reactive ketones (excluding diaryl/α,β-unsaturated/α-hetero) is 1. The van der Waals surface area contributed by atoms with E-state index in [1.54, 1.807) is 35.2 Å². The molecule has 1 atom stereocenters. The first kappa shape index (κ1) is 19.6. The maximum absolute atomic E-state index is 13.1. The second kappa shape index (κ2) is 7.61. The average Bonchev–Trinajstić information content (AvgIpc) is 2.66. The molecule has 1 heterocycles. The topological polar surface area (TPSA) is 80.5 Å². The van der Waals surface area contributed by atoms with Gasteiger partial charge in [0.2, 0.25) is 5.91 Å².